The average Bonchev–Trinajstić information content (AvgIpc) is 3.14. The van der Waals surface area contributed by atoms with Crippen molar-refractivity contribution in [3.63, 3.8) is 0 Å². The normalized spacial score (nSPS) is 18.9. The van der Waals surface area contributed by atoms with Gasteiger partial charge in [-0.15, -0.1) is 0 Å². The van der Waals surface area contributed by atoms with Gasteiger partial charge in [-0.25, -0.2) is 0 Å². The summed E-state index contributed by atoms with van der Waals surface area (Å²) in [5.74, 6) is 0.296. The van der Waals surface area contributed by atoms with Crippen LogP contribution in [0.2, 0.25) is 0 Å². The Hall–Kier alpha value is -2.53. The van der Waals surface area contributed by atoms with E-state index in [9.17, 15) is 9.59 Å². The number of amides is 2. The molecule has 0 saturated carbocycles. The molecule has 8 nitrogen and oxygen atoms in total. The summed E-state index contributed by atoms with van der Waals surface area (Å²) in [7, 11) is 1.60. The van der Waals surface area contributed by atoms with Crippen molar-refractivity contribution in [2.45, 2.75) is 25.8 Å². The van der Waals surface area contributed by atoms with Crippen molar-refractivity contribution in [1.29, 1.82) is 0 Å². The molecule has 0 aromatic heterocycles. The van der Waals surface area contributed by atoms with Crippen LogP contribution in [-0.2, 0) is 9.59 Å². The standard InChI is InChI=1S/C27H34BrN5O3S/c1-3-30-15-17-31(18-16-30)13-4-14-32-24(19-25(34)29-21-7-5-20(28)6-8-21)26(35)33(27(32)37)22-9-11-23(36-2)12-10-22/h5-12,24H,3-4,13-19H2,1-2H3,(H,29,34)/t24-/m1/s1. The zero-order chi connectivity index (χ0) is 26.4. The van der Waals surface area contributed by atoms with E-state index in [4.69, 9.17) is 17.0 Å². The summed E-state index contributed by atoms with van der Waals surface area (Å²) >= 11 is 9.20. The minimum Gasteiger partial charge on any atom is -0.497 e. The fourth-order valence-corrected chi connectivity index (χ4v) is 5.45. The minimum atomic E-state index is -0.651. The van der Waals surface area contributed by atoms with Crippen molar-refractivity contribution in [2.24, 2.45) is 0 Å². The SMILES string of the molecule is CCN1CCN(CCCN2C(=S)N(c3ccc(OC)cc3)C(=O)[C@H]2CC(=O)Nc2ccc(Br)cc2)CC1. The maximum absolute atomic E-state index is 13.6. The number of piperazine rings is 1. The molecule has 0 bridgehead atoms. The smallest absolute Gasteiger partial charge is 0.256 e. The Morgan fingerprint density at radius 2 is 1.68 bits per heavy atom. The maximum Gasteiger partial charge on any atom is 0.256 e. The number of anilines is 2. The zero-order valence-corrected chi connectivity index (χ0v) is 23.8. The van der Waals surface area contributed by atoms with Crippen LogP contribution in [0.1, 0.15) is 19.8 Å². The van der Waals surface area contributed by atoms with Gasteiger partial charge in [0.15, 0.2) is 5.11 Å². The molecule has 2 aromatic carbocycles. The van der Waals surface area contributed by atoms with Gasteiger partial charge in [-0.3, -0.25) is 14.5 Å². The number of carbonyl (C=O) groups is 2. The van der Waals surface area contributed by atoms with E-state index in [2.05, 4.69) is 38.0 Å². The number of ether oxygens (including phenoxy) is 1. The molecule has 2 aliphatic heterocycles. The third-order valence-corrected chi connectivity index (χ3v) is 7.89. The van der Waals surface area contributed by atoms with E-state index in [1.807, 2.05) is 41.3 Å². The number of nitrogens with zero attached hydrogens (tertiary/aromatic N) is 4. The second-order valence-corrected chi connectivity index (χ2v) is 10.5. The largest absolute Gasteiger partial charge is 0.497 e. The Morgan fingerprint density at radius 3 is 2.30 bits per heavy atom. The van der Waals surface area contributed by atoms with Gasteiger partial charge in [-0.05, 0) is 80.3 Å². The molecule has 1 N–H and O–H groups in total. The monoisotopic (exact) mass is 587 g/mol. The van der Waals surface area contributed by atoms with Gasteiger partial charge in [-0.1, -0.05) is 22.9 Å². The first kappa shape index (κ1) is 27.5. The quantitative estimate of drug-likeness (QED) is 0.424. The molecule has 2 amide bonds. The predicted molar refractivity (Wildman–Crippen MR) is 154 cm³/mol. The number of rotatable bonds is 10. The lowest BCUT2D eigenvalue weighted by Crippen LogP contribution is -2.47. The second-order valence-electron chi connectivity index (χ2n) is 9.25. The first-order valence-corrected chi connectivity index (χ1v) is 13.9. The summed E-state index contributed by atoms with van der Waals surface area (Å²) in [6.07, 6.45) is 0.887. The molecular weight excluding hydrogens is 554 g/mol. The molecule has 2 fully saturated rings. The Labute approximate surface area is 232 Å². The van der Waals surface area contributed by atoms with Crippen molar-refractivity contribution in [1.82, 2.24) is 14.7 Å². The number of hydrogen-bond acceptors (Lipinski definition) is 6. The molecule has 37 heavy (non-hydrogen) atoms. The topological polar surface area (TPSA) is 68.4 Å². The van der Waals surface area contributed by atoms with E-state index in [0.717, 1.165) is 50.2 Å². The highest BCUT2D eigenvalue weighted by molar-refractivity contribution is 9.10. The summed E-state index contributed by atoms with van der Waals surface area (Å²) in [5, 5.41) is 3.35. The molecular formula is C27H34BrN5O3S. The van der Waals surface area contributed by atoms with Crippen molar-refractivity contribution < 1.29 is 14.3 Å². The molecule has 2 aromatic rings. The number of thiocarbonyl (C=S) groups is 1. The minimum absolute atomic E-state index is 0.0247. The number of carbonyl (C=O) groups excluding carboxylic acids is 2. The molecule has 198 valence electrons. The lowest BCUT2D eigenvalue weighted by Gasteiger charge is -2.34. The number of nitrogens with one attached hydrogen (secondary N) is 1. The summed E-state index contributed by atoms with van der Waals surface area (Å²) < 4.78 is 6.19. The third-order valence-electron chi connectivity index (χ3n) is 6.94. The molecule has 2 heterocycles. The molecule has 0 aliphatic carbocycles. The molecule has 0 unspecified atom stereocenters. The van der Waals surface area contributed by atoms with Crippen molar-refractivity contribution in [3.05, 3.63) is 53.0 Å². The van der Waals surface area contributed by atoms with Gasteiger partial charge in [0.25, 0.3) is 5.91 Å². The number of likely N-dealkylation sites (N-methyl/N-ethyl adjacent to an activating group) is 1. The maximum atomic E-state index is 13.6. The van der Waals surface area contributed by atoms with Gasteiger partial charge in [0.2, 0.25) is 5.91 Å². The van der Waals surface area contributed by atoms with Gasteiger partial charge >= 0.3 is 0 Å². The Balaban J connectivity index is 1.45. The van der Waals surface area contributed by atoms with E-state index in [0.29, 0.717) is 28.8 Å². The molecule has 2 aliphatic rings. The van der Waals surface area contributed by atoms with Crippen LogP contribution in [-0.4, -0.2) is 90.6 Å². The van der Waals surface area contributed by atoms with Gasteiger partial charge in [0, 0.05) is 42.9 Å². The predicted octanol–water partition coefficient (Wildman–Crippen LogP) is 3.82. The van der Waals surface area contributed by atoms with E-state index in [1.54, 1.807) is 24.1 Å². The molecule has 2 saturated heterocycles. The lowest BCUT2D eigenvalue weighted by atomic mass is 10.1. The van der Waals surface area contributed by atoms with Crippen molar-refractivity contribution in [3.8, 4) is 5.75 Å². The van der Waals surface area contributed by atoms with Crippen molar-refractivity contribution in [2.75, 3.05) is 63.1 Å². The van der Waals surface area contributed by atoms with Crippen LogP contribution in [0.15, 0.2) is 53.0 Å². The van der Waals surface area contributed by atoms with Crippen LogP contribution >= 0.6 is 28.1 Å². The molecule has 0 spiro atoms. The molecule has 0 radical (unpaired) electrons. The van der Waals surface area contributed by atoms with Crippen LogP contribution < -0.4 is 15.0 Å². The first-order chi connectivity index (χ1) is 17.9. The Morgan fingerprint density at radius 1 is 1.03 bits per heavy atom. The van der Waals surface area contributed by atoms with E-state index < -0.39 is 6.04 Å². The number of hydrogen-bond donors (Lipinski definition) is 1. The van der Waals surface area contributed by atoms with E-state index in [-0.39, 0.29) is 18.2 Å². The summed E-state index contributed by atoms with van der Waals surface area (Å²) in [4.78, 5) is 35.0. The number of benzene rings is 2. The summed E-state index contributed by atoms with van der Waals surface area (Å²) in [5.41, 5.74) is 1.36. The summed E-state index contributed by atoms with van der Waals surface area (Å²) in [6.45, 7) is 9.10. The van der Waals surface area contributed by atoms with Gasteiger partial charge in [-0.2, -0.15) is 0 Å². The average molecular weight is 589 g/mol. The van der Waals surface area contributed by atoms with Crippen LogP contribution in [0.4, 0.5) is 11.4 Å². The lowest BCUT2D eigenvalue weighted by molar-refractivity contribution is -0.124. The molecule has 4 rings (SSSR count). The van der Waals surface area contributed by atoms with Gasteiger partial charge in [0.05, 0.1) is 19.2 Å². The highest BCUT2D eigenvalue weighted by Crippen LogP contribution is 2.29. The van der Waals surface area contributed by atoms with Crippen LogP contribution in [0, 0.1) is 0 Å². The highest BCUT2D eigenvalue weighted by atomic mass is 79.9. The van der Waals surface area contributed by atoms with Gasteiger partial charge in [0.1, 0.15) is 11.8 Å². The number of halogens is 1. The summed E-state index contributed by atoms with van der Waals surface area (Å²) in [6, 6.07) is 14.0. The van der Waals surface area contributed by atoms with Gasteiger partial charge < -0.3 is 24.8 Å². The van der Waals surface area contributed by atoms with Crippen LogP contribution in [0.3, 0.4) is 0 Å². The Bertz CT molecular complexity index is 1090. The third kappa shape index (κ3) is 6.87. The number of methoxy groups -OCH3 is 1. The fourth-order valence-electron chi connectivity index (χ4n) is 4.77. The Kier molecular flexibility index (Phi) is 9.53. The highest BCUT2D eigenvalue weighted by Gasteiger charge is 2.43. The second kappa shape index (κ2) is 12.8. The molecule has 1 atom stereocenters. The fraction of sp³-hybridized carbons (Fsp3) is 0.444. The van der Waals surface area contributed by atoms with E-state index in [1.165, 1.54) is 0 Å². The van der Waals surface area contributed by atoms with Crippen molar-refractivity contribution >= 4 is 56.4 Å². The van der Waals surface area contributed by atoms with Crippen LogP contribution in [0.25, 0.3) is 0 Å². The van der Waals surface area contributed by atoms with E-state index >= 15 is 0 Å². The molecule has 10 heteroatoms. The van der Waals surface area contributed by atoms with Crippen LogP contribution in [0.5, 0.6) is 5.75 Å². The zero-order valence-electron chi connectivity index (χ0n) is 21.4. The first-order valence-electron chi connectivity index (χ1n) is 12.7.